The van der Waals surface area contributed by atoms with Crippen molar-refractivity contribution in [3.8, 4) is 0 Å². The van der Waals surface area contributed by atoms with Gasteiger partial charge in [-0.25, -0.2) is 0 Å². The van der Waals surface area contributed by atoms with Crippen molar-refractivity contribution in [3.05, 3.63) is 0 Å². The van der Waals surface area contributed by atoms with Gasteiger partial charge in [-0.2, -0.15) is 0 Å². The summed E-state index contributed by atoms with van der Waals surface area (Å²) in [6, 6.07) is 0. The summed E-state index contributed by atoms with van der Waals surface area (Å²) in [4.78, 5) is 0. The molecule has 1 nitrogen and oxygen atoms in total. The average Bonchev–Trinajstić information content (AvgIpc) is 2.57. The van der Waals surface area contributed by atoms with Crippen LogP contribution in [0.15, 0.2) is 0 Å². The lowest BCUT2D eigenvalue weighted by molar-refractivity contribution is 0.183. The van der Waals surface area contributed by atoms with E-state index in [9.17, 15) is 0 Å². The first-order chi connectivity index (χ1) is 5.83. The number of hydrogen-bond acceptors (Lipinski definition) is 1. The van der Waals surface area contributed by atoms with E-state index in [0.29, 0.717) is 0 Å². The molecule has 0 radical (unpaired) electrons. The van der Waals surface area contributed by atoms with E-state index in [-0.39, 0.29) is 0 Å². The fourth-order valence-electron chi connectivity index (χ4n) is 1.64. The van der Waals surface area contributed by atoms with Gasteiger partial charge in [0.05, 0.1) is 0 Å². The van der Waals surface area contributed by atoms with Crippen LogP contribution >= 0.6 is 15.9 Å². The Kier molecular flexibility index (Phi) is 5.24. The molecule has 2 unspecified atom stereocenters. The molecule has 1 aliphatic rings. The minimum absolute atomic E-state index is 0.840. The molecule has 0 saturated carbocycles. The average molecular weight is 235 g/mol. The van der Waals surface area contributed by atoms with E-state index in [2.05, 4.69) is 22.9 Å². The molecule has 0 aromatic heterocycles. The van der Waals surface area contributed by atoms with Crippen molar-refractivity contribution in [2.45, 2.75) is 32.6 Å². The molecular formula is C10H19BrO. The van der Waals surface area contributed by atoms with Crippen LogP contribution in [0.3, 0.4) is 0 Å². The molecule has 0 aromatic rings. The van der Waals surface area contributed by atoms with Crippen LogP contribution in [-0.2, 0) is 4.74 Å². The lowest BCUT2D eigenvalue weighted by atomic mass is 9.98. The van der Waals surface area contributed by atoms with Gasteiger partial charge in [0.2, 0.25) is 0 Å². The molecule has 0 bridgehead atoms. The number of hydrogen-bond donors (Lipinski definition) is 0. The van der Waals surface area contributed by atoms with Crippen LogP contribution in [0.25, 0.3) is 0 Å². The Bertz CT molecular complexity index is 110. The van der Waals surface area contributed by atoms with Gasteiger partial charge in [-0.05, 0) is 31.1 Å². The second kappa shape index (κ2) is 5.98. The van der Waals surface area contributed by atoms with Gasteiger partial charge >= 0.3 is 0 Å². The molecule has 0 amide bonds. The highest BCUT2D eigenvalue weighted by Gasteiger charge is 2.14. The fraction of sp³-hybridized carbons (Fsp3) is 1.00. The predicted molar refractivity (Wildman–Crippen MR) is 55.7 cm³/mol. The summed E-state index contributed by atoms with van der Waals surface area (Å²) in [5.41, 5.74) is 0. The normalized spacial score (nSPS) is 26.0. The number of halogens is 1. The molecule has 1 fully saturated rings. The molecule has 1 aliphatic heterocycles. The summed E-state index contributed by atoms with van der Waals surface area (Å²) in [6.45, 7) is 4.32. The Hall–Kier alpha value is 0.440. The van der Waals surface area contributed by atoms with Gasteiger partial charge in [0.25, 0.3) is 0 Å². The van der Waals surface area contributed by atoms with Gasteiger partial charge < -0.3 is 4.74 Å². The summed E-state index contributed by atoms with van der Waals surface area (Å²) in [5, 5.41) is 1.15. The van der Waals surface area contributed by atoms with Crippen molar-refractivity contribution in [1.82, 2.24) is 0 Å². The van der Waals surface area contributed by atoms with Gasteiger partial charge in [0, 0.05) is 18.5 Å². The highest BCUT2D eigenvalue weighted by atomic mass is 79.9. The number of alkyl halides is 1. The predicted octanol–water partition coefficient (Wildman–Crippen LogP) is 3.22. The Morgan fingerprint density at radius 1 is 1.58 bits per heavy atom. The summed E-state index contributed by atoms with van der Waals surface area (Å²) < 4.78 is 5.33. The van der Waals surface area contributed by atoms with Gasteiger partial charge in [-0.3, -0.25) is 0 Å². The highest BCUT2D eigenvalue weighted by Crippen LogP contribution is 2.20. The molecule has 0 spiro atoms. The topological polar surface area (TPSA) is 9.23 Å². The minimum Gasteiger partial charge on any atom is -0.381 e. The Morgan fingerprint density at radius 3 is 3.00 bits per heavy atom. The van der Waals surface area contributed by atoms with Crippen LogP contribution < -0.4 is 0 Å². The molecule has 2 heteroatoms. The summed E-state index contributed by atoms with van der Waals surface area (Å²) >= 11 is 3.50. The fourth-order valence-corrected chi connectivity index (χ4v) is 1.97. The summed E-state index contributed by atoms with van der Waals surface area (Å²) in [6.07, 6.45) is 5.41. The summed E-state index contributed by atoms with van der Waals surface area (Å²) in [5.74, 6) is 1.71. The lowest BCUT2D eigenvalue weighted by Gasteiger charge is -2.09. The third kappa shape index (κ3) is 3.90. The zero-order chi connectivity index (χ0) is 8.81. The van der Waals surface area contributed by atoms with Gasteiger partial charge in [-0.15, -0.1) is 0 Å². The minimum atomic E-state index is 0.840. The van der Waals surface area contributed by atoms with Crippen molar-refractivity contribution < 1.29 is 4.74 Å². The van der Waals surface area contributed by atoms with Crippen LogP contribution in [-0.4, -0.2) is 18.5 Å². The molecule has 72 valence electrons. The lowest BCUT2D eigenvalue weighted by Crippen LogP contribution is -2.01. The first kappa shape index (κ1) is 10.5. The van der Waals surface area contributed by atoms with Crippen LogP contribution in [0.5, 0.6) is 0 Å². The maximum absolute atomic E-state index is 5.33. The van der Waals surface area contributed by atoms with Crippen molar-refractivity contribution >= 4 is 15.9 Å². The first-order valence-corrected chi connectivity index (χ1v) is 6.08. The second-order valence-electron chi connectivity index (χ2n) is 3.92. The molecule has 0 aromatic carbocycles. The second-order valence-corrected chi connectivity index (χ2v) is 4.57. The Balaban J connectivity index is 1.94. The molecule has 2 atom stereocenters. The molecule has 0 N–H and O–H groups in total. The van der Waals surface area contributed by atoms with Gasteiger partial charge in [-0.1, -0.05) is 29.3 Å². The Labute approximate surface area is 84.0 Å². The van der Waals surface area contributed by atoms with Crippen LogP contribution in [0.1, 0.15) is 32.6 Å². The van der Waals surface area contributed by atoms with E-state index in [1.54, 1.807) is 0 Å². The number of rotatable bonds is 5. The molecular weight excluding hydrogens is 216 g/mol. The monoisotopic (exact) mass is 234 g/mol. The van der Waals surface area contributed by atoms with Crippen molar-refractivity contribution in [2.24, 2.45) is 11.8 Å². The van der Waals surface area contributed by atoms with Crippen LogP contribution in [0.4, 0.5) is 0 Å². The van der Waals surface area contributed by atoms with Crippen LogP contribution in [0.2, 0.25) is 0 Å². The maximum atomic E-state index is 5.33. The highest BCUT2D eigenvalue weighted by molar-refractivity contribution is 9.09. The van der Waals surface area contributed by atoms with E-state index in [1.807, 2.05) is 0 Å². The zero-order valence-electron chi connectivity index (χ0n) is 7.89. The van der Waals surface area contributed by atoms with Crippen LogP contribution in [0, 0.1) is 11.8 Å². The molecule has 0 aliphatic carbocycles. The molecule has 1 heterocycles. The summed E-state index contributed by atoms with van der Waals surface area (Å²) in [7, 11) is 0. The third-order valence-corrected chi connectivity index (χ3v) is 3.70. The molecule has 1 rings (SSSR count). The number of ether oxygens (including phenoxy) is 1. The van der Waals surface area contributed by atoms with Gasteiger partial charge in [0.1, 0.15) is 0 Å². The van der Waals surface area contributed by atoms with Gasteiger partial charge in [0.15, 0.2) is 0 Å². The van der Waals surface area contributed by atoms with Crippen molar-refractivity contribution in [2.75, 3.05) is 18.5 Å². The SMILES string of the molecule is CC(CBr)CCCC1CCOC1. The van der Waals surface area contributed by atoms with E-state index >= 15 is 0 Å². The zero-order valence-corrected chi connectivity index (χ0v) is 9.48. The third-order valence-electron chi connectivity index (χ3n) is 2.60. The Morgan fingerprint density at radius 2 is 2.42 bits per heavy atom. The van der Waals surface area contributed by atoms with E-state index in [0.717, 1.165) is 30.4 Å². The molecule has 1 saturated heterocycles. The van der Waals surface area contributed by atoms with E-state index in [4.69, 9.17) is 4.74 Å². The van der Waals surface area contributed by atoms with E-state index < -0.39 is 0 Å². The first-order valence-electron chi connectivity index (χ1n) is 4.96. The van der Waals surface area contributed by atoms with E-state index in [1.165, 1.54) is 25.7 Å². The maximum Gasteiger partial charge on any atom is 0.0495 e. The molecule has 12 heavy (non-hydrogen) atoms. The van der Waals surface area contributed by atoms with Crippen molar-refractivity contribution in [1.29, 1.82) is 0 Å². The standard InChI is InChI=1S/C10H19BrO/c1-9(7-11)3-2-4-10-5-6-12-8-10/h9-10H,2-8H2,1H3. The largest absolute Gasteiger partial charge is 0.381 e. The smallest absolute Gasteiger partial charge is 0.0495 e. The van der Waals surface area contributed by atoms with Crippen molar-refractivity contribution in [3.63, 3.8) is 0 Å². The quantitative estimate of drug-likeness (QED) is 0.665.